The molecule has 1 heterocycles. The fraction of sp³-hybridized carbons (Fsp3) is 0.0909. The van der Waals surface area contributed by atoms with Gasteiger partial charge >= 0.3 is 0 Å². The van der Waals surface area contributed by atoms with Crippen molar-refractivity contribution in [1.82, 2.24) is 20.6 Å². The lowest BCUT2D eigenvalue weighted by atomic mass is 10.2. The van der Waals surface area contributed by atoms with Crippen LogP contribution in [-0.4, -0.2) is 27.7 Å². The third-order valence-electron chi connectivity index (χ3n) is 2.33. The van der Waals surface area contributed by atoms with Gasteiger partial charge < -0.3 is 10.1 Å². The van der Waals surface area contributed by atoms with E-state index in [0.29, 0.717) is 5.75 Å². The van der Waals surface area contributed by atoms with Crippen LogP contribution >= 0.6 is 38.5 Å². The Morgan fingerprint density at radius 1 is 1.60 bits per heavy atom. The van der Waals surface area contributed by atoms with Gasteiger partial charge in [-0.1, -0.05) is 0 Å². The van der Waals surface area contributed by atoms with Crippen molar-refractivity contribution >= 4 is 49.8 Å². The molecule has 0 spiro atoms. The number of ether oxygens (including phenoxy) is 1. The summed E-state index contributed by atoms with van der Waals surface area (Å²) < 4.78 is 7.11. The van der Waals surface area contributed by atoms with Crippen LogP contribution in [0.3, 0.4) is 0 Å². The van der Waals surface area contributed by atoms with Gasteiger partial charge in [-0.05, 0) is 55.9 Å². The first-order valence-electron chi connectivity index (χ1n) is 5.30. The molecular weight excluding hydrogens is 439 g/mol. The number of hydrogen-bond acceptors (Lipinski definition) is 6. The molecule has 0 amide bonds. The molecule has 1 aromatic carbocycles. The summed E-state index contributed by atoms with van der Waals surface area (Å²) in [5.74, 6) is 0.905. The maximum absolute atomic E-state index is 9.10. The molecule has 7 nitrogen and oxygen atoms in total. The minimum Gasteiger partial charge on any atom is -0.493 e. The van der Waals surface area contributed by atoms with Crippen molar-refractivity contribution in [3.05, 3.63) is 32.2 Å². The molecule has 0 saturated heterocycles. The SMILES string of the molecule is COc1c(I)ccc(Br)c1NC=C(C#N)c1nn[nH]n1. The molecule has 0 bridgehead atoms. The van der Waals surface area contributed by atoms with Crippen LogP contribution in [0.15, 0.2) is 22.8 Å². The number of methoxy groups -OCH3 is 1. The Balaban J connectivity index is 2.36. The molecule has 0 radical (unpaired) electrons. The van der Waals surface area contributed by atoms with Gasteiger partial charge in [0.1, 0.15) is 11.6 Å². The van der Waals surface area contributed by atoms with E-state index in [0.717, 1.165) is 13.7 Å². The topological polar surface area (TPSA) is 99.5 Å². The number of tetrazole rings is 1. The number of anilines is 1. The molecule has 0 saturated carbocycles. The van der Waals surface area contributed by atoms with Crippen molar-refractivity contribution in [3.63, 3.8) is 0 Å². The van der Waals surface area contributed by atoms with Gasteiger partial charge in [0.05, 0.1) is 16.4 Å². The number of hydrogen-bond donors (Lipinski definition) is 2. The summed E-state index contributed by atoms with van der Waals surface area (Å²) in [4.78, 5) is 0. The van der Waals surface area contributed by atoms with Crippen LogP contribution in [0.2, 0.25) is 0 Å². The lowest BCUT2D eigenvalue weighted by molar-refractivity contribution is 0.413. The van der Waals surface area contributed by atoms with Crippen molar-refractivity contribution in [3.8, 4) is 11.8 Å². The molecule has 0 aliphatic rings. The minimum atomic E-state index is 0.223. The number of H-pyrrole nitrogens is 1. The lowest BCUT2D eigenvalue weighted by Crippen LogP contribution is -1.98. The van der Waals surface area contributed by atoms with Gasteiger partial charge in [-0.3, -0.25) is 0 Å². The van der Waals surface area contributed by atoms with Crippen LogP contribution in [0.5, 0.6) is 5.75 Å². The zero-order chi connectivity index (χ0) is 14.5. The van der Waals surface area contributed by atoms with E-state index in [1.165, 1.54) is 6.20 Å². The van der Waals surface area contributed by atoms with E-state index in [-0.39, 0.29) is 11.4 Å². The Labute approximate surface area is 136 Å². The Hall–Kier alpha value is -1.67. The third-order valence-corrected chi connectivity index (χ3v) is 3.84. The summed E-state index contributed by atoms with van der Waals surface area (Å²) >= 11 is 5.60. The van der Waals surface area contributed by atoms with Gasteiger partial charge in [0.25, 0.3) is 0 Å². The van der Waals surface area contributed by atoms with Crippen LogP contribution in [0.1, 0.15) is 5.82 Å². The molecule has 102 valence electrons. The summed E-state index contributed by atoms with van der Waals surface area (Å²) in [6.07, 6.45) is 1.50. The zero-order valence-corrected chi connectivity index (χ0v) is 13.9. The largest absolute Gasteiger partial charge is 0.493 e. The Kier molecular flexibility index (Phi) is 4.91. The highest BCUT2D eigenvalue weighted by molar-refractivity contribution is 14.1. The van der Waals surface area contributed by atoms with Crippen molar-refractivity contribution in [2.75, 3.05) is 12.4 Å². The number of allylic oxidation sites excluding steroid dienone is 1. The van der Waals surface area contributed by atoms with Crippen LogP contribution in [0, 0.1) is 14.9 Å². The monoisotopic (exact) mass is 446 g/mol. The van der Waals surface area contributed by atoms with Crippen LogP contribution < -0.4 is 10.1 Å². The van der Waals surface area contributed by atoms with E-state index in [4.69, 9.17) is 10.00 Å². The molecule has 2 rings (SSSR count). The van der Waals surface area contributed by atoms with Crippen LogP contribution in [0.25, 0.3) is 5.57 Å². The fourth-order valence-electron chi connectivity index (χ4n) is 1.43. The van der Waals surface area contributed by atoms with E-state index >= 15 is 0 Å². The molecule has 0 fully saturated rings. The standard InChI is InChI=1S/C11H8BrIN6O/c1-20-10-8(13)3-2-7(12)9(10)15-5-6(4-14)11-16-18-19-17-11/h2-3,5,15H,1H3,(H,16,17,18,19). The summed E-state index contributed by atoms with van der Waals surface area (Å²) in [5.41, 5.74) is 0.974. The van der Waals surface area contributed by atoms with E-state index in [2.05, 4.69) is 64.5 Å². The molecule has 0 aliphatic heterocycles. The number of nitrogens with zero attached hydrogens (tertiary/aromatic N) is 4. The van der Waals surface area contributed by atoms with Gasteiger partial charge in [-0.15, -0.1) is 10.2 Å². The maximum Gasteiger partial charge on any atom is 0.216 e. The third kappa shape index (κ3) is 3.07. The van der Waals surface area contributed by atoms with Gasteiger partial charge in [0, 0.05) is 10.7 Å². The number of nitriles is 1. The number of benzene rings is 1. The van der Waals surface area contributed by atoms with Gasteiger partial charge in [0.2, 0.25) is 5.82 Å². The number of aromatic amines is 1. The number of nitrogens with one attached hydrogen (secondary N) is 2. The smallest absolute Gasteiger partial charge is 0.216 e. The second-order valence-corrected chi connectivity index (χ2v) is 5.50. The predicted octanol–water partition coefficient (Wildman–Crippen LogP) is 2.55. The average Bonchev–Trinajstić information content (AvgIpc) is 2.97. The van der Waals surface area contributed by atoms with Crippen LogP contribution in [-0.2, 0) is 0 Å². The number of halogens is 2. The van der Waals surface area contributed by atoms with Crippen molar-refractivity contribution in [2.24, 2.45) is 0 Å². The molecule has 0 aliphatic carbocycles. The quantitative estimate of drug-likeness (QED) is 0.553. The fourth-order valence-corrected chi connectivity index (χ4v) is 2.53. The first-order chi connectivity index (χ1) is 9.67. The van der Waals surface area contributed by atoms with Gasteiger partial charge in [-0.25, -0.2) is 0 Å². The van der Waals surface area contributed by atoms with Crippen molar-refractivity contribution in [2.45, 2.75) is 0 Å². The molecule has 9 heteroatoms. The first kappa shape index (κ1) is 14.7. The highest BCUT2D eigenvalue weighted by atomic mass is 127. The molecule has 0 atom stereocenters. The Morgan fingerprint density at radius 2 is 2.40 bits per heavy atom. The summed E-state index contributed by atoms with van der Waals surface area (Å²) in [6.45, 7) is 0. The Morgan fingerprint density at radius 3 is 3.00 bits per heavy atom. The summed E-state index contributed by atoms with van der Waals surface area (Å²) in [7, 11) is 1.59. The predicted molar refractivity (Wildman–Crippen MR) is 84.8 cm³/mol. The molecule has 1 aromatic heterocycles. The van der Waals surface area contributed by atoms with E-state index in [1.807, 2.05) is 18.2 Å². The maximum atomic E-state index is 9.10. The van der Waals surface area contributed by atoms with E-state index in [1.54, 1.807) is 7.11 Å². The number of aromatic nitrogens is 4. The summed E-state index contributed by atoms with van der Waals surface area (Å²) in [6, 6.07) is 5.81. The zero-order valence-electron chi connectivity index (χ0n) is 10.2. The lowest BCUT2D eigenvalue weighted by Gasteiger charge is -2.12. The average molecular weight is 447 g/mol. The molecule has 0 unspecified atom stereocenters. The highest BCUT2D eigenvalue weighted by Gasteiger charge is 2.12. The minimum absolute atomic E-state index is 0.223. The summed E-state index contributed by atoms with van der Waals surface area (Å²) in [5, 5.41) is 25.4. The normalized spacial score (nSPS) is 11.0. The van der Waals surface area contributed by atoms with E-state index < -0.39 is 0 Å². The molecule has 20 heavy (non-hydrogen) atoms. The van der Waals surface area contributed by atoms with Crippen molar-refractivity contribution in [1.29, 1.82) is 5.26 Å². The second-order valence-electron chi connectivity index (χ2n) is 3.49. The molecule has 2 aromatic rings. The highest BCUT2D eigenvalue weighted by Crippen LogP contribution is 2.36. The second kappa shape index (κ2) is 6.67. The molecular formula is C11H8BrIN6O. The van der Waals surface area contributed by atoms with Gasteiger partial charge in [0.15, 0.2) is 5.75 Å². The Bertz CT molecular complexity index is 679. The first-order valence-corrected chi connectivity index (χ1v) is 7.17. The van der Waals surface area contributed by atoms with Gasteiger partial charge in [-0.2, -0.15) is 10.5 Å². The van der Waals surface area contributed by atoms with Crippen LogP contribution in [0.4, 0.5) is 5.69 Å². The van der Waals surface area contributed by atoms with Crippen molar-refractivity contribution < 1.29 is 4.74 Å². The van der Waals surface area contributed by atoms with E-state index in [9.17, 15) is 0 Å². The number of rotatable bonds is 4. The molecule has 2 N–H and O–H groups in total.